The first-order valence-electron chi connectivity index (χ1n) is 6.87. The van der Waals surface area contributed by atoms with E-state index in [4.69, 9.17) is 0 Å². The Hall–Kier alpha value is -0.930. The maximum atomic E-state index is 13.6. The van der Waals surface area contributed by atoms with Crippen LogP contribution < -0.4 is 5.32 Å². The normalized spacial score (nSPS) is 23.8. The zero-order valence-corrected chi connectivity index (χ0v) is 11.3. The third-order valence-electron chi connectivity index (χ3n) is 3.90. The number of benzene rings is 1. The number of halogens is 1. The molecule has 0 saturated heterocycles. The third-order valence-corrected chi connectivity index (χ3v) is 3.90. The van der Waals surface area contributed by atoms with Crippen LogP contribution in [0.25, 0.3) is 0 Å². The van der Waals surface area contributed by atoms with Crippen molar-refractivity contribution in [3.8, 4) is 0 Å². The zero-order valence-electron chi connectivity index (χ0n) is 11.3. The van der Waals surface area contributed by atoms with Gasteiger partial charge in [-0.25, -0.2) is 4.39 Å². The molecule has 1 N–H and O–H groups in total. The molecule has 0 aliphatic heterocycles. The molecular formula is C15H23FN2. The van der Waals surface area contributed by atoms with Crippen molar-refractivity contribution in [2.75, 3.05) is 13.6 Å². The molecule has 1 aliphatic carbocycles. The second-order valence-corrected chi connectivity index (χ2v) is 5.23. The molecule has 2 unspecified atom stereocenters. The van der Waals surface area contributed by atoms with Crippen LogP contribution in [0.5, 0.6) is 0 Å². The quantitative estimate of drug-likeness (QED) is 0.864. The van der Waals surface area contributed by atoms with Crippen molar-refractivity contribution in [3.05, 3.63) is 35.6 Å². The smallest absolute Gasteiger partial charge is 0.127 e. The average Bonchev–Trinajstić information content (AvgIpc) is 2.81. The highest BCUT2D eigenvalue weighted by Crippen LogP contribution is 2.24. The minimum Gasteiger partial charge on any atom is -0.314 e. The number of nitrogens with zero attached hydrogens (tertiary/aromatic N) is 1. The third kappa shape index (κ3) is 3.30. The Balaban J connectivity index is 1.89. The molecule has 1 saturated carbocycles. The lowest BCUT2D eigenvalue weighted by molar-refractivity contribution is 0.231. The van der Waals surface area contributed by atoms with Crippen molar-refractivity contribution in [1.82, 2.24) is 10.2 Å². The standard InChI is InChI=1S/C15H23FN2/c1-3-17-13-8-9-14(10-13)18(2)11-12-6-4-5-7-15(12)16/h4-7,13-14,17H,3,8-11H2,1-2H3. The second kappa shape index (κ2) is 6.30. The van der Waals surface area contributed by atoms with Crippen molar-refractivity contribution in [2.45, 2.75) is 44.8 Å². The summed E-state index contributed by atoms with van der Waals surface area (Å²) in [5, 5.41) is 3.50. The Labute approximate surface area is 109 Å². The van der Waals surface area contributed by atoms with Gasteiger partial charge in [-0.1, -0.05) is 25.1 Å². The molecule has 0 heterocycles. The van der Waals surface area contributed by atoms with Gasteiger partial charge in [-0.05, 0) is 38.9 Å². The Morgan fingerprint density at radius 1 is 1.33 bits per heavy atom. The lowest BCUT2D eigenvalue weighted by Crippen LogP contribution is -2.32. The molecule has 2 nitrogen and oxygen atoms in total. The summed E-state index contributed by atoms with van der Waals surface area (Å²) in [6.45, 7) is 3.89. The van der Waals surface area contributed by atoms with Gasteiger partial charge in [0.15, 0.2) is 0 Å². The minimum atomic E-state index is -0.0921. The van der Waals surface area contributed by atoms with Crippen molar-refractivity contribution < 1.29 is 4.39 Å². The van der Waals surface area contributed by atoms with E-state index in [0.717, 1.165) is 12.1 Å². The van der Waals surface area contributed by atoms with Gasteiger partial charge >= 0.3 is 0 Å². The summed E-state index contributed by atoms with van der Waals surface area (Å²) < 4.78 is 13.6. The summed E-state index contributed by atoms with van der Waals surface area (Å²) in [6.07, 6.45) is 3.63. The lowest BCUT2D eigenvalue weighted by atomic mass is 10.1. The molecule has 1 aromatic rings. The van der Waals surface area contributed by atoms with Crippen LogP contribution in [0.15, 0.2) is 24.3 Å². The fourth-order valence-corrected chi connectivity index (χ4v) is 2.86. The number of nitrogens with one attached hydrogen (secondary N) is 1. The Morgan fingerprint density at radius 3 is 2.83 bits per heavy atom. The van der Waals surface area contributed by atoms with E-state index >= 15 is 0 Å². The maximum Gasteiger partial charge on any atom is 0.127 e. The summed E-state index contributed by atoms with van der Waals surface area (Å²) in [5.41, 5.74) is 0.798. The average molecular weight is 250 g/mol. The summed E-state index contributed by atoms with van der Waals surface area (Å²) in [4.78, 5) is 2.29. The van der Waals surface area contributed by atoms with Gasteiger partial charge in [-0.2, -0.15) is 0 Å². The van der Waals surface area contributed by atoms with Crippen molar-refractivity contribution in [3.63, 3.8) is 0 Å². The Morgan fingerprint density at radius 2 is 2.11 bits per heavy atom. The molecule has 3 heteroatoms. The number of rotatable bonds is 5. The van der Waals surface area contributed by atoms with E-state index < -0.39 is 0 Å². The van der Waals surface area contributed by atoms with Crippen LogP contribution in [0, 0.1) is 5.82 Å². The molecule has 1 fully saturated rings. The van der Waals surface area contributed by atoms with E-state index in [-0.39, 0.29) is 5.82 Å². The molecule has 0 aromatic heterocycles. The highest BCUT2D eigenvalue weighted by Gasteiger charge is 2.27. The first-order chi connectivity index (χ1) is 8.70. The molecule has 2 rings (SSSR count). The summed E-state index contributed by atoms with van der Waals surface area (Å²) >= 11 is 0. The lowest BCUT2D eigenvalue weighted by Gasteiger charge is -2.24. The topological polar surface area (TPSA) is 15.3 Å². The van der Waals surface area contributed by atoms with Gasteiger partial charge in [0, 0.05) is 24.2 Å². The van der Waals surface area contributed by atoms with Crippen molar-refractivity contribution >= 4 is 0 Å². The first kappa shape index (κ1) is 13.5. The van der Waals surface area contributed by atoms with Crippen LogP contribution >= 0.6 is 0 Å². The van der Waals surface area contributed by atoms with E-state index in [9.17, 15) is 4.39 Å². The van der Waals surface area contributed by atoms with Crippen LogP contribution in [-0.2, 0) is 6.54 Å². The van der Waals surface area contributed by atoms with Gasteiger partial charge < -0.3 is 5.32 Å². The molecule has 18 heavy (non-hydrogen) atoms. The van der Waals surface area contributed by atoms with Crippen molar-refractivity contribution in [2.24, 2.45) is 0 Å². The van der Waals surface area contributed by atoms with E-state index in [1.165, 1.54) is 19.3 Å². The van der Waals surface area contributed by atoms with Crippen LogP contribution in [0.3, 0.4) is 0 Å². The molecule has 0 spiro atoms. The molecule has 1 aromatic carbocycles. The van der Waals surface area contributed by atoms with Crippen LogP contribution in [0.1, 0.15) is 31.7 Å². The predicted molar refractivity (Wildman–Crippen MR) is 73.0 cm³/mol. The first-order valence-corrected chi connectivity index (χ1v) is 6.87. The summed E-state index contributed by atoms with van der Waals surface area (Å²) in [6, 6.07) is 8.29. The Bertz CT molecular complexity index is 381. The summed E-state index contributed by atoms with van der Waals surface area (Å²) in [5.74, 6) is -0.0921. The molecule has 0 radical (unpaired) electrons. The van der Waals surface area contributed by atoms with Gasteiger partial charge in [0.25, 0.3) is 0 Å². The van der Waals surface area contributed by atoms with Gasteiger partial charge in [-0.3, -0.25) is 4.90 Å². The van der Waals surface area contributed by atoms with Crippen molar-refractivity contribution in [1.29, 1.82) is 0 Å². The monoisotopic (exact) mass is 250 g/mol. The van der Waals surface area contributed by atoms with E-state index in [2.05, 4.69) is 24.2 Å². The van der Waals surface area contributed by atoms with Crippen LogP contribution in [-0.4, -0.2) is 30.6 Å². The second-order valence-electron chi connectivity index (χ2n) is 5.23. The van der Waals surface area contributed by atoms with E-state index in [0.29, 0.717) is 18.6 Å². The fourth-order valence-electron chi connectivity index (χ4n) is 2.86. The largest absolute Gasteiger partial charge is 0.314 e. The van der Waals surface area contributed by atoms with E-state index in [1.54, 1.807) is 12.1 Å². The maximum absolute atomic E-state index is 13.6. The zero-order chi connectivity index (χ0) is 13.0. The SMILES string of the molecule is CCNC1CCC(N(C)Cc2ccccc2F)C1. The molecular weight excluding hydrogens is 227 g/mol. The van der Waals surface area contributed by atoms with Gasteiger partial charge in [0.1, 0.15) is 5.82 Å². The molecule has 0 bridgehead atoms. The molecule has 1 aliphatic rings. The molecule has 0 amide bonds. The van der Waals surface area contributed by atoms with Gasteiger partial charge in [-0.15, -0.1) is 0 Å². The molecule has 100 valence electrons. The highest BCUT2D eigenvalue weighted by molar-refractivity contribution is 5.17. The number of hydrogen-bond acceptors (Lipinski definition) is 2. The minimum absolute atomic E-state index is 0.0921. The number of hydrogen-bond donors (Lipinski definition) is 1. The van der Waals surface area contributed by atoms with Crippen LogP contribution in [0.4, 0.5) is 4.39 Å². The predicted octanol–water partition coefficient (Wildman–Crippen LogP) is 2.79. The molecule has 2 atom stereocenters. The van der Waals surface area contributed by atoms with Crippen LogP contribution in [0.2, 0.25) is 0 Å². The van der Waals surface area contributed by atoms with Gasteiger partial charge in [0.2, 0.25) is 0 Å². The summed E-state index contributed by atoms with van der Waals surface area (Å²) in [7, 11) is 2.10. The Kier molecular flexibility index (Phi) is 4.72. The van der Waals surface area contributed by atoms with Gasteiger partial charge in [0.05, 0.1) is 0 Å². The highest BCUT2D eigenvalue weighted by atomic mass is 19.1. The van der Waals surface area contributed by atoms with E-state index in [1.807, 2.05) is 12.1 Å². The fraction of sp³-hybridized carbons (Fsp3) is 0.600.